The van der Waals surface area contributed by atoms with Gasteiger partial charge in [-0.2, -0.15) is 9.13 Å². The van der Waals surface area contributed by atoms with E-state index in [2.05, 4.69) is 143 Å². The molecule has 0 radical (unpaired) electrons. The van der Waals surface area contributed by atoms with Gasteiger partial charge in [-0.15, -0.1) is 0 Å². The first-order valence-corrected chi connectivity index (χ1v) is 14.0. The van der Waals surface area contributed by atoms with Crippen LogP contribution in [0.4, 0.5) is 0 Å². The number of fused-ring (bicyclic) bond motifs is 7. The lowest BCUT2D eigenvalue weighted by Gasteiger charge is -2.24. The van der Waals surface area contributed by atoms with Gasteiger partial charge in [0.1, 0.15) is 0 Å². The Morgan fingerprint density at radius 1 is 0.375 bits per heavy atom. The van der Waals surface area contributed by atoms with Crippen LogP contribution in [0.5, 0.6) is 0 Å². The number of allylic oxidation sites excluding steroid dienone is 2. The van der Waals surface area contributed by atoms with Crippen LogP contribution in [0.3, 0.4) is 0 Å². The zero-order valence-corrected chi connectivity index (χ0v) is 22.0. The lowest BCUT2D eigenvalue weighted by Crippen LogP contribution is -2.46. The minimum atomic E-state index is 0.825. The highest BCUT2D eigenvalue weighted by Gasteiger charge is 2.40. The molecule has 0 spiro atoms. The molecule has 4 bridgehead atoms. The van der Waals surface area contributed by atoms with Crippen LogP contribution in [-0.2, 0) is 13.0 Å². The van der Waals surface area contributed by atoms with Gasteiger partial charge < -0.3 is 0 Å². The van der Waals surface area contributed by atoms with Crippen LogP contribution in [0.1, 0.15) is 11.1 Å². The summed E-state index contributed by atoms with van der Waals surface area (Å²) in [6.07, 6.45) is 0.891. The Balaban J connectivity index is 1.53. The number of aromatic nitrogens is 2. The highest BCUT2D eigenvalue weighted by molar-refractivity contribution is 5.94. The number of hydrogen-bond acceptors (Lipinski definition) is 0. The summed E-state index contributed by atoms with van der Waals surface area (Å²) in [6, 6.07) is 49.4. The lowest BCUT2D eigenvalue weighted by molar-refractivity contribution is -0.664. The van der Waals surface area contributed by atoms with Crippen molar-refractivity contribution < 1.29 is 9.13 Å². The van der Waals surface area contributed by atoms with Crippen LogP contribution < -0.4 is 9.13 Å². The van der Waals surface area contributed by atoms with Gasteiger partial charge in [-0.1, -0.05) is 72.8 Å². The maximum Gasteiger partial charge on any atom is 0.219 e. The molecule has 3 aliphatic heterocycles. The topological polar surface area (TPSA) is 7.76 Å². The van der Waals surface area contributed by atoms with E-state index < -0.39 is 0 Å². The summed E-state index contributed by atoms with van der Waals surface area (Å²) in [4.78, 5) is 0. The average molecular weight is 511 g/mol. The molecule has 2 aromatic heterocycles. The smallest absolute Gasteiger partial charge is 0.187 e. The highest BCUT2D eigenvalue weighted by Crippen LogP contribution is 2.43. The number of pyridine rings is 2. The van der Waals surface area contributed by atoms with Gasteiger partial charge in [-0.3, -0.25) is 0 Å². The Labute approximate surface area is 233 Å². The summed E-state index contributed by atoms with van der Waals surface area (Å²) < 4.78 is 5.11. The quantitative estimate of drug-likeness (QED) is 0.184. The van der Waals surface area contributed by atoms with Crippen LogP contribution in [-0.4, -0.2) is 0 Å². The van der Waals surface area contributed by atoms with E-state index in [1.807, 2.05) is 0 Å². The second kappa shape index (κ2) is 8.21. The monoisotopic (exact) mass is 510 g/mol. The van der Waals surface area contributed by atoms with Gasteiger partial charge in [0.05, 0.1) is 34.2 Å². The molecular formula is C38H26N2+2. The van der Waals surface area contributed by atoms with Gasteiger partial charge in [0.15, 0.2) is 6.54 Å². The maximum atomic E-state index is 2.56. The van der Waals surface area contributed by atoms with E-state index in [4.69, 9.17) is 0 Å². The van der Waals surface area contributed by atoms with E-state index in [0.29, 0.717) is 0 Å². The molecule has 0 saturated heterocycles. The SMILES string of the molecule is c1ccc2c(c1)CC1=C3C[n+]4c(cccc4-c4ccccc4-c4ccccc4-c4cccc-2[n+]41)-c1ccccc13. The van der Waals surface area contributed by atoms with E-state index in [9.17, 15) is 0 Å². The molecule has 0 N–H and O–H groups in total. The van der Waals surface area contributed by atoms with Gasteiger partial charge in [0, 0.05) is 29.8 Å². The van der Waals surface area contributed by atoms with Crippen molar-refractivity contribution in [1.82, 2.24) is 0 Å². The van der Waals surface area contributed by atoms with E-state index in [1.54, 1.807) is 0 Å². The molecule has 9 rings (SSSR count). The molecule has 4 aromatic carbocycles. The van der Waals surface area contributed by atoms with Crippen molar-refractivity contribution in [2.24, 2.45) is 0 Å². The normalized spacial score (nSPS) is 13.7. The van der Waals surface area contributed by atoms with E-state index in [0.717, 1.165) is 13.0 Å². The summed E-state index contributed by atoms with van der Waals surface area (Å²) in [7, 11) is 0. The van der Waals surface area contributed by atoms with Crippen molar-refractivity contribution in [3.63, 3.8) is 0 Å². The molecule has 6 aromatic rings. The second-order valence-corrected chi connectivity index (χ2v) is 10.9. The van der Waals surface area contributed by atoms with Gasteiger partial charge in [0.25, 0.3) is 0 Å². The standard InChI is InChI=1S/C38H26N2/c1-2-12-26-25(11-1)23-38-33-24-39-34(19-9-20-35(39)31-17-7-5-15-29(31)33)30-16-6-3-13-27(30)28-14-4-8-18-32(28)37-22-10-21-36(26)40(37)38/h1-22H,23-24H2/q+2. The van der Waals surface area contributed by atoms with Gasteiger partial charge in [0.2, 0.25) is 28.5 Å². The zero-order chi connectivity index (χ0) is 26.2. The Bertz CT molecular complexity index is 2060. The fourth-order valence-electron chi connectivity index (χ4n) is 7.17. The molecule has 2 heteroatoms. The van der Waals surface area contributed by atoms with Crippen LogP contribution in [0.25, 0.3) is 67.4 Å². The van der Waals surface area contributed by atoms with Crippen molar-refractivity contribution >= 4 is 11.3 Å². The Kier molecular flexibility index (Phi) is 4.48. The lowest BCUT2D eigenvalue weighted by atomic mass is 9.86. The van der Waals surface area contributed by atoms with Crippen LogP contribution in [0.15, 0.2) is 133 Å². The molecule has 0 fully saturated rings. The zero-order valence-electron chi connectivity index (χ0n) is 22.0. The molecule has 40 heavy (non-hydrogen) atoms. The Hall–Kier alpha value is -5.08. The van der Waals surface area contributed by atoms with Crippen LogP contribution in [0.2, 0.25) is 0 Å². The molecule has 0 unspecified atom stereocenters. The van der Waals surface area contributed by atoms with Crippen molar-refractivity contribution in [2.75, 3.05) is 0 Å². The van der Waals surface area contributed by atoms with Gasteiger partial charge in [-0.25, -0.2) is 0 Å². The molecule has 0 aliphatic carbocycles. The van der Waals surface area contributed by atoms with Gasteiger partial charge in [-0.05, 0) is 53.1 Å². The molecule has 0 amide bonds. The minimum Gasteiger partial charge on any atom is -0.187 e. The third kappa shape index (κ3) is 2.93. The Morgan fingerprint density at radius 2 is 0.825 bits per heavy atom. The number of benzene rings is 4. The highest BCUT2D eigenvalue weighted by atomic mass is 15.0. The van der Waals surface area contributed by atoms with E-state index in [-0.39, 0.29) is 0 Å². The first-order chi connectivity index (χ1) is 19.9. The first-order valence-electron chi connectivity index (χ1n) is 14.0. The van der Waals surface area contributed by atoms with Crippen molar-refractivity contribution in [1.29, 1.82) is 0 Å². The average Bonchev–Trinajstić information content (AvgIpc) is 3.04. The Morgan fingerprint density at radius 3 is 1.48 bits per heavy atom. The predicted octanol–water partition coefficient (Wildman–Crippen LogP) is 7.85. The summed E-state index contributed by atoms with van der Waals surface area (Å²) in [5.74, 6) is 0. The maximum absolute atomic E-state index is 2.56. The number of rotatable bonds is 0. The molecule has 186 valence electrons. The molecule has 0 atom stereocenters. The molecule has 3 aliphatic rings. The molecule has 0 saturated carbocycles. The first kappa shape index (κ1) is 21.8. The number of nitrogens with zero attached hydrogens (tertiary/aromatic N) is 2. The molecule has 5 heterocycles. The minimum absolute atomic E-state index is 0.825. The summed E-state index contributed by atoms with van der Waals surface area (Å²) in [5.41, 5.74) is 18.2. The second-order valence-electron chi connectivity index (χ2n) is 10.9. The predicted molar refractivity (Wildman–Crippen MR) is 161 cm³/mol. The molecular weight excluding hydrogens is 484 g/mol. The van der Waals surface area contributed by atoms with Crippen molar-refractivity contribution in [3.8, 4) is 56.2 Å². The van der Waals surface area contributed by atoms with Crippen molar-refractivity contribution in [3.05, 3.63) is 145 Å². The molecule has 2 nitrogen and oxygen atoms in total. The fraction of sp³-hybridized carbons (Fsp3) is 0.0526. The largest absolute Gasteiger partial charge is 0.219 e. The van der Waals surface area contributed by atoms with Crippen LogP contribution >= 0.6 is 0 Å². The third-order valence-electron chi connectivity index (χ3n) is 8.89. The van der Waals surface area contributed by atoms with E-state index >= 15 is 0 Å². The number of hydrogen-bond donors (Lipinski definition) is 0. The van der Waals surface area contributed by atoms with E-state index in [1.165, 1.54) is 78.6 Å². The van der Waals surface area contributed by atoms with Crippen molar-refractivity contribution in [2.45, 2.75) is 13.0 Å². The summed E-state index contributed by atoms with van der Waals surface area (Å²) in [5, 5.41) is 0. The summed E-state index contributed by atoms with van der Waals surface area (Å²) >= 11 is 0. The fourth-order valence-corrected chi connectivity index (χ4v) is 7.17. The third-order valence-corrected chi connectivity index (χ3v) is 8.89. The summed E-state index contributed by atoms with van der Waals surface area (Å²) in [6.45, 7) is 0.825. The van der Waals surface area contributed by atoms with Gasteiger partial charge >= 0.3 is 0 Å². The van der Waals surface area contributed by atoms with Crippen LogP contribution in [0, 0.1) is 0 Å².